The molecule has 1 amide bonds. The molecule has 0 aliphatic carbocycles. The van der Waals surface area contributed by atoms with Crippen LogP contribution in [0.4, 0.5) is 8.78 Å². The molecule has 2 nitrogen and oxygen atoms in total. The van der Waals surface area contributed by atoms with Crippen LogP contribution in [-0.4, -0.2) is 23.9 Å². The second-order valence-corrected chi connectivity index (χ2v) is 6.00. The van der Waals surface area contributed by atoms with Crippen LogP contribution >= 0.6 is 11.3 Å². The first-order valence-corrected chi connectivity index (χ1v) is 7.86. The maximum atomic E-state index is 13.7. The molecule has 0 atom stereocenters. The molecule has 1 fully saturated rings. The third kappa shape index (κ3) is 2.83. The van der Waals surface area contributed by atoms with Crippen LogP contribution in [0.2, 0.25) is 0 Å². The van der Waals surface area contributed by atoms with Gasteiger partial charge < -0.3 is 4.90 Å². The number of piperidine rings is 1. The third-order valence-electron chi connectivity index (χ3n) is 3.97. The molecule has 0 radical (unpaired) electrons. The smallest absolute Gasteiger partial charge is 0.259 e. The summed E-state index contributed by atoms with van der Waals surface area (Å²) in [6, 6.07) is 5.61. The monoisotopic (exact) mass is 307 g/mol. The molecule has 1 saturated heterocycles. The van der Waals surface area contributed by atoms with E-state index >= 15 is 0 Å². The van der Waals surface area contributed by atoms with Crippen molar-refractivity contribution in [1.82, 2.24) is 4.90 Å². The lowest BCUT2D eigenvalue weighted by atomic mass is 9.91. The van der Waals surface area contributed by atoms with Crippen molar-refractivity contribution in [3.05, 3.63) is 57.8 Å². The number of halogens is 2. The molecular formula is C16H15F2NOS. The van der Waals surface area contributed by atoms with E-state index < -0.39 is 23.1 Å². The minimum Gasteiger partial charge on any atom is -0.338 e. The molecule has 1 aliphatic heterocycles. The van der Waals surface area contributed by atoms with Gasteiger partial charge in [-0.3, -0.25) is 4.79 Å². The first-order chi connectivity index (χ1) is 10.2. The van der Waals surface area contributed by atoms with Crippen molar-refractivity contribution in [1.29, 1.82) is 0 Å². The standard InChI is InChI=1S/C16H15F2NOS/c17-13-2-1-3-14(18)15(13)16(20)19-7-4-11(5-8-19)12-6-9-21-10-12/h1-3,6,9-11H,4-5,7-8H2. The molecule has 0 bridgehead atoms. The number of amides is 1. The van der Waals surface area contributed by atoms with Crippen LogP contribution in [0, 0.1) is 11.6 Å². The fourth-order valence-electron chi connectivity index (χ4n) is 2.78. The first kappa shape index (κ1) is 14.2. The molecule has 2 aromatic rings. The lowest BCUT2D eigenvalue weighted by Crippen LogP contribution is -2.38. The second kappa shape index (κ2) is 5.93. The Morgan fingerprint density at radius 1 is 1.14 bits per heavy atom. The van der Waals surface area contributed by atoms with Gasteiger partial charge in [0.15, 0.2) is 0 Å². The van der Waals surface area contributed by atoms with E-state index in [0.717, 1.165) is 25.0 Å². The summed E-state index contributed by atoms with van der Waals surface area (Å²) in [7, 11) is 0. The summed E-state index contributed by atoms with van der Waals surface area (Å²) in [5.74, 6) is -1.69. The molecule has 2 heterocycles. The Balaban J connectivity index is 1.71. The number of nitrogens with zero attached hydrogens (tertiary/aromatic N) is 1. The summed E-state index contributed by atoms with van der Waals surface area (Å²) in [5, 5.41) is 4.17. The Morgan fingerprint density at radius 2 is 1.81 bits per heavy atom. The van der Waals surface area contributed by atoms with Crippen molar-refractivity contribution >= 4 is 17.2 Å². The van der Waals surface area contributed by atoms with E-state index in [1.54, 1.807) is 16.2 Å². The van der Waals surface area contributed by atoms with E-state index in [9.17, 15) is 13.6 Å². The number of hydrogen-bond acceptors (Lipinski definition) is 2. The van der Waals surface area contributed by atoms with Gasteiger partial charge in [0.1, 0.15) is 17.2 Å². The number of carbonyl (C=O) groups is 1. The van der Waals surface area contributed by atoms with Gasteiger partial charge in [-0.2, -0.15) is 11.3 Å². The lowest BCUT2D eigenvalue weighted by molar-refractivity contribution is 0.0703. The molecule has 21 heavy (non-hydrogen) atoms. The van der Waals surface area contributed by atoms with Crippen molar-refractivity contribution in [3.8, 4) is 0 Å². The molecule has 5 heteroatoms. The van der Waals surface area contributed by atoms with Crippen LogP contribution in [0.25, 0.3) is 0 Å². The third-order valence-corrected chi connectivity index (χ3v) is 4.67. The zero-order valence-corrected chi connectivity index (χ0v) is 12.2. The van der Waals surface area contributed by atoms with Crippen molar-refractivity contribution in [2.24, 2.45) is 0 Å². The Labute approximate surface area is 126 Å². The SMILES string of the molecule is O=C(c1c(F)cccc1F)N1CCC(c2ccsc2)CC1. The van der Waals surface area contributed by atoms with Gasteiger partial charge >= 0.3 is 0 Å². The first-order valence-electron chi connectivity index (χ1n) is 6.92. The molecule has 0 saturated carbocycles. The Morgan fingerprint density at radius 3 is 2.38 bits per heavy atom. The van der Waals surface area contributed by atoms with Crippen LogP contribution in [0.3, 0.4) is 0 Å². The van der Waals surface area contributed by atoms with Gasteiger partial charge in [0.05, 0.1) is 0 Å². The molecule has 1 aromatic heterocycles. The number of benzene rings is 1. The maximum absolute atomic E-state index is 13.7. The van der Waals surface area contributed by atoms with Gasteiger partial charge in [-0.15, -0.1) is 0 Å². The minimum atomic E-state index is -0.792. The highest BCUT2D eigenvalue weighted by Crippen LogP contribution is 2.30. The molecule has 0 unspecified atom stereocenters. The van der Waals surface area contributed by atoms with Gasteiger partial charge in [0.2, 0.25) is 0 Å². The predicted molar refractivity (Wildman–Crippen MR) is 78.6 cm³/mol. The van der Waals surface area contributed by atoms with E-state index in [4.69, 9.17) is 0 Å². The van der Waals surface area contributed by atoms with E-state index in [1.165, 1.54) is 11.6 Å². The average molecular weight is 307 g/mol. The molecule has 110 valence electrons. The summed E-state index contributed by atoms with van der Waals surface area (Å²) < 4.78 is 27.3. The molecule has 3 rings (SSSR count). The van der Waals surface area contributed by atoms with Crippen molar-refractivity contribution in [2.75, 3.05) is 13.1 Å². The zero-order valence-electron chi connectivity index (χ0n) is 11.4. The summed E-state index contributed by atoms with van der Waals surface area (Å²) in [5.41, 5.74) is 0.857. The highest BCUT2D eigenvalue weighted by Gasteiger charge is 2.27. The highest BCUT2D eigenvalue weighted by molar-refractivity contribution is 7.07. The van der Waals surface area contributed by atoms with Crippen LogP contribution in [0.15, 0.2) is 35.0 Å². The van der Waals surface area contributed by atoms with E-state index in [2.05, 4.69) is 11.4 Å². The van der Waals surface area contributed by atoms with E-state index in [0.29, 0.717) is 19.0 Å². The summed E-state index contributed by atoms with van der Waals surface area (Å²) in [6.07, 6.45) is 1.66. The normalized spacial score (nSPS) is 16.2. The van der Waals surface area contributed by atoms with Gasteiger partial charge in [-0.1, -0.05) is 6.07 Å². The zero-order chi connectivity index (χ0) is 14.8. The Kier molecular flexibility index (Phi) is 4.01. The largest absolute Gasteiger partial charge is 0.338 e. The summed E-state index contributed by atoms with van der Waals surface area (Å²) >= 11 is 1.66. The molecule has 0 spiro atoms. The number of rotatable bonds is 2. The number of carbonyl (C=O) groups excluding carboxylic acids is 1. The van der Waals surface area contributed by atoms with Crippen molar-refractivity contribution in [2.45, 2.75) is 18.8 Å². The average Bonchev–Trinajstić information content (AvgIpc) is 3.01. The van der Waals surface area contributed by atoms with Crippen molar-refractivity contribution < 1.29 is 13.6 Å². The summed E-state index contributed by atoms with van der Waals surface area (Å²) in [4.78, 5) is 13.8. The van der Waals surface area contributed by atoms with Gasteiger partial charge in [-0.25, -0.2) is 8.78 Å². The minimum absolute atomic E-state index is 0.436. The predicted octanol–water partition coefficient (Wildman–Crippen LogP) is 4.05. The highest BCUT2D eigenvalue weighted by atomic mass is 32.1. The number of thiophene rings is 1. The Hall–Kier alpha value is -1.75. The van der Waals surface area contributed by atoms with Gasteiger partial charge in [0.25, 0.3) is 5.91 Å². The molecule has 1 aliphatic rings. The Bertz CT molecular complexity index is 613. The van der Waals surface area contributed by atoms with Crippen LogP contribution in [-0.2, 0) is 0 Å². The van der Waals surface area contributed by atoms with E-state index in [1.807, 2.05) is 5.38 Å². The number of hydrogen-bond donors (Lipinski definition) is 0. The number of likely N-dealkylation sites (tertiary alicyclic amines) is 1. The van der Waals surface area contributed by atoms with E-state index in [-0.39, 0.29) is 0 Å². The molecular weight excluding hydrogens is 292 g/mol. The van der Waals surface area contributed by atoms with Crippen molar-refractivity contribution in [3.63, 3.8) is 0 Å². The topological polar surface area (TPSA) is 20.3 Å². The molecule has 1 aromatic carbocycles. The van der Waals surface area contributed by atoms with Crippen LogP contribution in [0.1, 0.15) is 34.7 Å². The maximum Gasteiger partial charge on any atom is 0.259 e. The fraction of sp³-hybridized carbons (Fsp3) is 0.312. The second-order valence-electron chi connectivity index (χ2n) is 5.22. The molecule has 0 N–H and O–H groups in total. The summed E-state index contributed by atoms with van der Waals surface area (Å²) in [6.45, 7) is 1.07. The lowest BCUT2D eigenvalue weighted by Gasteiger charge is -2.32. The fourth-order valence-corrected chi connectivity index (χ4v) is 3.53. The van der Waals surface area contributed by atoms with Gasteiger partial charge in [0, 0.05) is 13.1 Å². The van der Waals surface area contributed by atoms with Gasteiger partial charge in [-0.05, 0) is 53.3 Å². The van der Waals surface area contributed by atoms with Crippen LogP contribution < -0.4 is 0 Å². The van der Waals surface area contributed by atoms with Crippen LogP contribution in [0.5, 0.6) is 0 Å². The quantitative estimate of drug-likeness (QED) is 0.820.